The quantitative estimate of drug-likeness (QED) is 0.0555. The van der Waals surface area contributed by atoms with Crippen LogP contribution in [0.5, 0.6) is 34.5 Å². The maximum Gasteiger partial charge on any atom is 0.410 e. The summed E-state index contributed by atoms with van der Waals surface area (Å²) in [5.41, 5.74) is 13.9. The van der Waals surface area contributed by atoms with Crippen molar-refractivity contribution >= 4 is 121 Å². The molecule has 0 spiro atoms. The molecule has 3 aliphatic rings. The number of amides is 6. The van der Waals surface area contributed by atoms with E-state index in [4.69, 9.17) is 105 Å². The molecule has 564 valence electrons. The van der Waals surface area contributed by atoms with E-state index in [9.17, 15) is 40.8 Å². The van der Waals surface area contributed by atoms with Crippen LogP contribution in [0, 0.1) is 17.5 Å². The number of anilines is 3. The molecule has 0 radical (unpaired) electrons. The van der Waals surface area contributed by atoms with E-state index < -0.39 is 51.0 Å². The van der Waals surface area contributed by atoms with Crippen molar-refractivity contribution in [3.05, 3.63) is 155 Å². The molecule has 0 aliphatic carbocycles. The minimum absolute atomic E-state index is 0.104. The molecule has 0 saturated carbocycles. The van der Waals surface area contributed by atoms with Gasteiger partial charge in [-0.1, -0.05) is 111 Å². The molecule has 8 N–H and O–H groups in total. The van der Waals surface area contributed by atoms with Crippen LogP contribution in [0.3, 0.4) is 0 Å². The molecule has 3 saturated heterocycles. The Morgan fingerprint density at radius 2 is 0.806 bits per heavy atom. The van der Waals surface area contributed by atoms with E-state index in [1.54, 1.807) is 28.0 Å². The summed E-state index contributed by atoms with van der Waals surface area (Å²) < 4.78 is 94.2. The Labute approximate surface area is 632 Å². The third-order valence-electron chi connectivity index (χ3n) is 15.6. The van der Waals surface area contributed by atoms with Gasteiger partial charge in [0.15, 0.2) is 17.2 Å². The van der Waals surface area contributed by atoms with Gasteiger partial charge in [-0.3, -0.25) is 0 Å². The van der Waals surface area contributed by atoms with Gasteiger partial charge in [0.05, 0.1) is 36.4 Å². The zero-order chi connectivity index (χ0) is 76.6. The van der Waals surface area contributed by atoms with Crippen LogP contribution >= 0.6 is 69.6 Å². The highest BCUT2D eigenvalue weighted by Crippen LogP contribution is 2.43. The van der Waals surface area contributed by atoms with Crippen LogP contribution in [0.2, 0.25) is 30.1 Å². The van der Waals surface area contributed by atoms with Gasteiger partial charge >= 0.3 is 24.2 Å². The smallest absolute Gasteiger partial charge is 0.410 e. The molecular weight excluding hydrogens is 1480 g/mol. The van der Waals surface area contributed by atoms with Crippen LogP contribution in [-0.2, 0) is 19.5 Å². The van der Waals surface area contributed by atoms with Crippen LogP contribution in [-0.4, -0.2) is 122 Å². The summed E-state index contributed by atoms with van der Waals surface area (Å²) in [6, 6.07) is 20.9. The number of nitrogens with zero attached hydrogens (tertiary/aromatic N) is 3. The molecule has 3 unspecified atom stereocenters. The lowest BCUT2D eigenvalue weighted by Gasteiger charge is -2.34. The van der Waals surface area contributed by atoms with Crippen molar-refractivity contribution in [2.45, 2.75) is 169 Å². The number of hydrogen-bond donors (Lipinski definition) is 6. The third-order valence-corrected chi connectivity index (χ3v) is 18.5. The number of benzene rings is 6. The minimum atomic E-state index is -3.32. The maximum atomic E-state index is 14.0. The lowest BCUT2D eigenvalue weighted by molar-refractivity contribution is 0.0185. The predicted octanol–water partition coefficient (Wildman–Crippen LogP) is 20.1. The molecule has 3 fully saturated rings. The number of likely N-dealkylation sites (tertiary alicyclic amines) is 2. The number of nitrogen functional groups attached to an aromatic ring is 1. The molecule has 30 heteroatoms. The number of urea groups is 2. The molecule has 0 bridgehead atoms. The average Bonchev–Trinajstić information content (AvgIpc) is 0.832. The molecule has 6 aromatic rings. The van der Waals surface area contributed by atoms with Crippen molar-refractivity contribution in [2.75, 3.05) is 61.9 Å². The van der Waals surface area contributed by atoms with Gasteiger partial charge in [-0.25, -0.2) is 45.1 Å². The molecule has 3 heterocycles. The first kappa shape index (κ1) is 84.9. The number of carbonyl (C=O) groups excluding carboxylic acids is 4. The van der Waals surface area contributed by atoms with E-state index in [0.717, 1.165) is 55.2 Å². The molecular formula is C73H92Cl6F3N9O11S. The normalized spacial score (nSPS) is 16.4. The monoisotopic (exact) mass is 1570 g/mol. The fraction of sp³-hybridized carbons (Fsp3) is 0.452. The molecule has 6 aromatic carbocycles. The largest absolute Gasteiger partial charge is 0.454 e. The van der Waals surface area contributed by atoms with Crippen molar-refractivity contribution in [3.63, 3.8) is 0 Å². The van der Waals surface area contributed by atoms with Crippen LogP contribution in [0.15, 0.2) is 91.0 Å². The maximum absolute atomic E-state index is 14.0. The standard InChI is InChI=1S/C26H32Cl2FN3O4.C22H26Cl2FN3O4S.C15H14Cl2FNO.C10H20N2O2/c1-15(2)16-9-17(29)11-20(10-16)35-23-21(27)12-19(13-22(23)28)31-24(33)30-18-7-6-8-32(14-18)25(34)36-26(3,4)5;1-13(2)14-7-15(25)9-18(8-14)32-21-19(23)10-17(11-20(21)24)27-22(29)26-16-5-4-6-28(12-16)33(3,30)31;1-8(2)9-3-10(18)5-12(4-9)20-15-13(16)6-11(19)7-14(15)17;1-10(2,3)14-9(13)12-6-4-5-8(11)7-12/h9-13,15,18H,6-8,14H2,1-5H3,(H2,30,31,33);7-11,13,16H,4-6,12H2,1-3H3,(H2,26,27,29);3-8H,19H2,1-2H3;8H,4-7,11H2,1-3H3. The van der Waals surface area contributed by atoms with Crippen molar-refractivity contribution in [1.82, 2.24) is 24.7 Å². The number of ether oxygens (including phenoxy) is 5. The van der Waals surface area contributed by atoms with E-state index in [2.05, 4.69) is 21.3 Å². The van der Waals surface area contributed by atoms with Gasteiger partial charge < -0.3 is 66.2 Å². The van der Waals surface area contributed by atoms with Crippen molar-refractivity contribution in [2.24, 2.45) is 5.73 Å². The minimum Gasteiger partial charge on any atom is -0.454 e. The summed E-state index contributed by atoms with van der Waals surface area (Å²) >= 11 is 37.5. The number of nitrogens with one attached hydrogen (secondary N) is 4. The second-order valence-electron chi connectivity index (χ2n) is 28.0. The Hall–Kier alpha value is -7.00. The Morgan fingerprint density at radius 3 is 1.14 bits per heavy atom. The first-order valence-corrected chi connectivity index (χ1v) is 37.6. The Kier molecular flexibility index (Phi) is 31.2. The fourth-order valence-electron chi connectivity index (χ4n) is 10.6. The zero-order valence-electron chi connectivity index (χ0n) is 59.9. The second-order valence-corrected chi connectivity index (χ2v) is 32.5. The van der Waals surface area contributed by atoms with Gasteiger partial charge in [0.25, 0.3) is 0 Å². The molecule has 3 atom stereocenters. The molecule has 20 nitrogen and oxygen atoms in total. The summed E-state index contributed by atoms with van der Waals surface area (Å²) in [5.74, 6) is 0.616. The van der Waals surface area contributed by atoms with Crippen LogP contribution < -0.4 is 46.9 Å². The van der Waals surface area contributed by atoms with Crippen molar-refractivity contribution in [3.8, 4) is 34.5 Å². The van der Waals surface area contributed by atoms with Gasteiger partial charge in [-0.15, -0.1) is 0 Å². The Morgan fingerprint density at radius 1 is 0.485 bits per heavy atom. The predicted molar refractivity (Wildman–Crippen MR) is 405 cm³/mol. The fourth-order valence-corrected chi connectivity index (χ4v) is 13.2. The van der Waals surface area contributed by atoms with Gasteiger partial charge in [-0.05, 0) is 187 Å². The molecule has 103 heavy (non-hydrogen) atoms. The van der Waals surface area contributed by atoms with E-state index in [1.165, 1.54) is 77.1 Å². The lowest BCUT2D eigenvalue weighted by Crippen LogP contribution is -2.51. The first-order chi connectivity index (χ1) is 48.0. The van der Waals surface area contributed by atoms with E-state index in [0.29, 0.717) is 61.8 Å². The summed E-state index contributed by atoms with van der Waals surface area (Å²) in [5, 5.41) is 12.1. The van der Waals surface area contributed by atoms with E-state index in [1.807, 2.05) is 83.1 Å². The van der Waals surface area contributed by atoms with Gasteiger partial charge in [0, 0.05) is 92.7 Å². The van der Waals surface area contributed by atoms with E-state index in [-0.39, 0.29) is 113 Å². The molecule has 0 aromatic heterocycles. The Bertz CT molecular complexity index is 4010. The number of halogens is 9. The number of hydrogen-bond acceptors (Lipinski definition) is 13. The van der Waals surface area contributed by atoms with Gasteiger partial charge in [0.1, 0.15) is 45.9 Å². The zero-order valence-corrected chi connectivity index (χ0v) is 65.3. The summed E-state index contributed by atoms with van der Waals surface area (Å²) in [7, 11) is -3.32. The highest BCUT2D eigenvalue weighted by atomic mass is 35.5. The number of nitrogens with two attached hydrogens (primary N) is 2. The van der Waals surface area contributed by atoms with Crippen LogP contribution in [0.25, 0.3) is 0 Å². The number of piperidine rings is 3. The second kappa shape index (κ2) is 37.8. The number of carbonyl (C=O) groups is 4. The number of sulfonamides is 1. The number of rotatable bonds is 14. The molecule has 9 rings (SSSR count). The third kappa shape index (κ3) is 28.1. The Balaban J connectivity index is 0.000000228. The average molecular weight is 1570 g/mol. The first-order valence-electron chi connectivity index (χ1n) is 33.5. The highest BCUT2D eigenvalue weighted by molar-refractivity contribution is 7.88. The summed E-state index contributed by atoms with van der Waals surface area (Å²) in [6.07, 6.45) is 5.27. The summed E-state index contributed by atoms with van der Waals surface area (Å²) in [6.45, 7) is 25.7. The van der Waals surface area contributed by atoms with Crippen LogP contribution in [0.1, 0.15) is 156 Å². The lowest BCUT2D eigenvalue weighted by atomic mass is 10.0. The van der Waals surface area contributed by atoms with E-state index >= 15 is 0 Å². The van der Waals surface area contributed by atoms with Crippen molar-refractivity contribution < 1.29 is 64.5 Å². The van der Waals surface area contributed by atoms with Gasteiger partial charge in [-0.2, -0.15) is 0 Å². The topological polar surface area (TPSA) is 258 Å². The summed E-state index contributed by atoms with van der Waals surface area (Å²) in [4.78, 5) is 52.3. The van der Waals surface area contributed by atoms with Crippen molar-refractivity contribution in [1.29, 1.82) is 0 Å². The molecule has 3 aliphatic heterocycles. The van der Waals surface area contributed by atoms with Crippen LogP contribution in [0.4, 0.5) is 49.4 Å². The molecule has 6 amide bonds. The van der Waals surface area contributed by atoms with Gasteiger partial charge in [0.2, 0.25) is 10.0 Å². The SMILES string of the molecule is CC(C)(C)OC(=O)N1CCCC(N)C1.CC(C)c1cc(F)cc(Oc2c(Cl)cc(N)cc2Cl)c1.CC(C)c1cc(F)cc(Oc2c(Cl)cc(NC(=O)NC3CCCN(C(=O)OC(C)(C)C)C3)cc2Cl)c1.CC(C)c1cc(F)cc(Oc2c(Cl)cc(NC(=O)NC3CCCN(S(C)(=O)=O)C3)cc2Cl)c1. The highest BCUT2D eigenvalue weighted by Gasteiger charge is 2.31.